The molecule has 88 valence electrons. The standard InChI is InChI=1S/C11H22N2O2/c1-3-10(11(14)15)7-12-6-9-4-5-13(2)8-9/h9-10,12H,3-8H2,1-2H3,(H,14,15). The second kappa shape index (κ2) is 6.08. The number of rotatable bonds is 6. The number of carboxylic acid groups (broad SMARTS) is 1. The van der Waals surface area contributed by atoms with E-state index in [1.54, 1.807) is 0 Å². The van der Waals surface area contributed by atoms with Crippen LogP contribution >= 0.6 is 0 Å². The Morgan fingerprint density at radius 2 is 2.40 bits per heavy atom. The lowest BCUT2D eigenvalue weighted by Gasteiger charge is -2.14. The topological polar surface area (TPSA) is 52.6 Å². The second-order valence-electron chi connectivity index (χ2n) is 4.52. The van der Waals surface area contributed by atoms with Gasteiger partial charge in [0.15, 0.2) is 0 Å². The highest BCUT2D eigenvalue weighted by Crippen LogP contribution is 2.13. The molecule has 0 aromatic carbocycles. The zero-order chi connectivity index (χ0) is 11.3. The Hall–Kier alpha value is -0.610. The Morgan fingerprint density at radius 3 is 2.87 bits per heavy atom. The fourth-order valence-corrected chi connectivity index (χ4v) is 2.06. The highest BCUT2D eigenvalue weighted by Gasteiger charge is 2.20. The SMILES string of the molecule is CCC(CNCC1CCN(C)C1)C(=O)O. The van der Waals surface area contributed by atoms with Crippen LogP contribution in [0.3, 0.4) is 0 Å². The lowest BCUT2D eigenvalue weighted by Crippen LogP contribution is -2.32. The third kappa shape index (κ3) is 4.18. The third-order valence-corrected chi connectivity index (χ3v) is 3.15. The Kier molecular flexibility index (Phi) is 5.05. The van der Waals surface area contributed by atoms with Gasteiger partial charge in [0.2, 0.25) is 0 Å². The summed E-state index contributed by atoms with van der Waals surface area (Å²) in [6.07, 6.45) is 1.93. The number of carbonyl (C=O) groups is 1. The largest absolute Gasteiger partial charge is 0.481 e. The minimum Gasteiger partial charge on any atom is -0.481 e. The summed E-state index contributed by atoms with van der Waals surface area (Å²) in [4.78, 5) is 13.1. The molecule has 0 aromatic heterocycles. The molecule has 0 aliphatic carbocycles. The van der Waals surface area contributed by atoms with E-state index in [-0.39, 0.29) is 5.92 Å². The molecule has 2 unspecified atom stereocenters. The molecule has 1 rings (SSSR count). The van der Waals surface area contributed by atoms with E-state index < -0.39 is 5.97 Å². The number of carboxylic acids is 1. The maximum atomic E-state index is 10.8. The Balaban J connectivity index is 2.12. The molecule has 0 spiro atoms. The minimum atomic E-state index is -0.687. The van der Waals surface area contributed by atoms with Crippen molar-refractivity contribution in [1.82, 2.24) is 10.2 Å². The number of aliphatic carboxylic acids is 1. The van der Waals surface area contributed by atoms with Crippen LogP contribution in [0.15, 0.2) is 0 Å². The minimum absolute atomic E-state index is 0.232. The molecule has 1 heterocycles. The predicted molar refractivity (Wildman–Crippen MR) is 59.9 cm³/mol. The van der Waals surface area contributed by atoms with Crippen molar-refractivity contribution in [2.75, 3.05) is 33.2 Å². The van der Waals surface area contributed by atoms with Gasteiger partial charge in [0, 0.05) is 13.1 Å². The fourth-order valence-electron chi connectivity index (χ4n) is 2.06. The molecule has 0 amide bonds. The zero-order valence-corrected chi connectivity index (χ0v) is 9.70. The van der Waals surface area contributed by atoms with Gasteiger partial charge in [-0.2, -0.15) is 0 Å². The van der Waals surface area contributed by atoms with E-state index in [0.717, 1.165) is 13.1 Å². The Labute approximate surface area is 91.6 Å². The van der Waals surface area contributed by atoms with E-state index in [9.17, 15) is 4.79 Å². The van der Waals surface area contributed by atoms with Crippen molar-refractivity contribution in [3.05, 3.63) is 0 Å². The van der Waals surface area contributed by atoms with E-state index >= 15 is 0 Å². The number of nitrogens with zero attached hydrogens (tertiary/aromatic N) is 1. The summed E-state index contributed by atoms with van der Waals surface area (Å²) in [5, 5.41) is 12.1. The highest BCUT2D eigenvalue weighted by molar-refractivity contribution is 5.70. The molecular weight excluding hydrogens is 192 g/mol. The molecule has 0 radical (unpaired) electrons. The average molecular weight is 214 g/mol. The summed E-state index contributed by atoms with van der Waals surface area (Å²) in [5.74, 6) is -0.223. The van der Waals surface area contributed by atoms with Crippen molar-refractivity contribution in [2.45, 2.75) is 19.8 Å². The summed E-state index contributed by atoms with van der Waals surface area (Å²) in [6.45, 7) is 5.78. The Morgan fingerprint density at radius 1 is 1.67 bits per heavy atom. The van der Waals surface area contributed by atoms with Crippen LogP contribution in [0.1, 0.15) is 19.8 Å². The first-order chi connectivity index (χ1) is 7.13. The normalized spacial score (nSPS) is 24.3. The fraction of sp³-hybridized carbons (Fsp3) is 0.909. The van der Waals surface area contributed by atoms with Crippen molar-refractivity contribution < 1.29 is 9.90 Å². The summed E-state index contributed by atoms with van der Waals surface area (Å²) in [7, 11) is 2.13. The van der Waals surface area contributed by atoms with Gasteiger partial charge in [0.05, 0.1) is 5.92 Å². The van der Waals surface area contributed by atoms with E-state index in [4.69, 9.17) is 5.11 Å². The first-order valence-electron chi connectivity index (χ1n) is 5.75. The molecule has 1 fully saturated rings. The van der Waals surface area contributed by atoms with Gasteiger partial charge in [-0.15, -0.1) is 0 Å². The van der Waals surface area contributed by atoms with Crippen LogP contribution in [0.5, 0.6) is 0 Å². The molecule has 1 aliphatic heterocycles. The second-order valence-corrected chi connectivity index (χ2v) is 4.52. The Bertz CT molecular complexity index is 209. The van der Waals surface area contributed by atoms with Crippen LogP contribution in [0.2, 0.25) is 0 Å². The number of hydrogen-bond acceptors (Lipinski definition) is 3. The van der Waals surface area contributed by atoms with Gasteiger partial charge in [-0.3, -0.25) is 4.79 Å². The van der Waals surface area contributed by atoms with Crippen molar-refractivity contribution >= 4 is 5.97 Å². The molecule has 1 saturated heterocycles. The van der Waals surface area contributed by atoms with Gasteiger partial charge < -0.3 is 15.3 Å². The molecule has 0 aromatic rings. The van der Waals surface area contributed by atoms with Crippen LogP contribution in [-0.2, 0) is 4.79 Å². The molecule has 2 atom stereocenters. The van der Waals surface area contributed by atoms with Crippen LogP contribution in [-0.4, -0.2) is 49.2 Å². The number of hydrogen-bond donors (Lipinski definition) is 2. The lowest BCUT2D eigenvalue weighted by atomic mass is 10.1. The molecule has 15 heavy (non-hydrogen) atoms. The van der Waals surface area contributed by atoms with E-state index in [1.165, 1.54) is 13.0 Å². The smallest absolute Gasteiger partial charge is 0.307 e. The van der Waals surface area contributed by atoms with E-state index in [0.29, 0.717) is 18.9 Å². The van der Waals surface area contributed by atoms with E-state index in [1.807, 2.05) is 6.92 Å². The maximum absolute atomic E-state index is 10.8. The summed E-state index contributed by atoms with van der Waals surface area (Å²) in [6, 6.07) is 0. The average Bonchev–Trinajstić information content (AvgIpc) is 2.58. The molecule has 0 saturated carbocycles. The molecule has 1 aliphatic rings. The summed E-state index contributed by atoms with van der Waals surface area (Å²) in [5.41, 5.74) is 0. The molecular formula is C11H22N2O2. The maximum Gasteiger partial charge on any atom is 0.307 e. The van der Waals surface area contributed by atoms with Crippen molar-refractivity contribution in [1.29, 1.82) is 0 Å². The van der Waals surface area contributed by atoms with Crippen molar-refractivity contribution in [2.24, 2.45) is 11.8 Å². The third-order valence-electron chi connectivity index (χ3n) is 3.15. The van der Waals surface area contributed by atoms with Gasteiger partial charge in [0.25, 0.3) is 0 Å². The first kappa shape index (κ1) is 12.5. The molecule has 2 N–H and O–H groups in total. The molecule has 4 heteroatoms. The molecule has 0 bridgehead atoms. The number of likely N-dealkylation sites (tertiary alicyclic amines) is 1. The van der Waals surface area contributed by atoms with Gasteiger partial charge in [-0.25, -0.2) is 0 Å². The molecule has 4 nitrogen and oxygen atoms in total. The van der Waals surface area contributed by atoms with E-state index in [2.05, 4.69) is 17.3 Å². The summed E-state index contributed by atoms with van der Waals surface area (Å²) < 4.78 is 0. The summed E-state index contributed by atoms with van der Waals surface area (Å²) >= 11 is 0. The monoisotopic (exact) mass is 214 g/mol. The van der Waals surface area contributed by atoms with Crippen LogP contribution in [0.4, 0.5) is 0 Å². The van der Waals surface area contributed by atoms with Gasteiger partial charge in [-0.1, -0.05) is 6.92 Å². The van der Waals surface area contributed by atoms with Gasteiger partial charge in [0.1, 0.15) is 0 Å². The van der Waals surface area contributed by atoms with Crippen LogP contribution in [0.25, 0.3) is 0 Å². The predicted octanol–water partition coefficient (Wildman–Crippen LogP) is 0.639. The van der Waals surface area contributed by atoms with Crippen molar-refractivity contribution in [3.8, 4) is 0 Å². The highest BCUT2D eigenvalue weighted by atomic mass is 16.4. The van der Waals surface area contributed by atoms with Crippen LogP contribution < -0.4 is 5.32 Å². The van der Waals surface area contributed by atoms with Crippen LogP contribution in [0, 0.1) is 11.8 Å². The van der Waals surface area contributed by atoms with Crippen molar-refractivity contribution in [3.63, 3.8) is 0 Å². The van der Waals surface area contributed by atoms with Gasteiger partial charge >= 0.3 is 5.97 Å². The lowest BCUT2D eigenvalue weighted by molar-refractivity contribution is -0.141. The quantitative estimate of drug-likeness (QED) is 0.681. The zero-order valence-electron chi connectivity index (χ0n) is 9.70. The first-order valence-corrected chi connectivity index (χ1v) is 5.75. The van der Waals surface area contributed by atoms with Gasteiger partial charge in [-0.05, 0) is 38.9 Å². The number of nitrogens with one attached hydrogen (secondary N) is 1.